The summed E-state index contributed by atoms with van der Waals surface area (Å²) in [5.74, 6) is -0.767. The number of methoxy groups -OCH3 is 1. The van der Waals surface area contributed by atoms with E-state index in [-0.39, 0.29) is 31.1 Å². The number of para-hydroxylation sites is 1. The van der Waals surface area contributed by atoms with Crippen LogP contribution in [0.1, 0.15) is 29.5 Å². The first-order valence-corrected chi connectivity index (χ1v) is 13.5. The Balaban J connectivity index is 1.47. The maximum atomic E-state index is 13.3. The van der Waals surface area contributed by atoms with Gasteiger partial charge in [0.25, 0.3) is 0 Å². The van der Waals surface area contributed by atoms with E-state index in [0.29, 0.717) is 40.1 Å². The van der Waals surface area contributed by atoms with Gasteiger partial charge in [0.1, 0.15) is 23.5 Å². The summed E-state index contributed by atoms with van der Waals surface area (Å²) in [5.41, 5.74) is 15.1. The van der Waals surface area contributed by atoms with Crippen LogP contribution in [0, 0.1) is 10.8 Å². The summed E-state index contributed by atoms with van der Waals surface area (Å²) in [6.07, 6.45) is -0.100. The number of carbonyl (C=O) groups is 3. The first kappa shape index (κ1) is 30.3. The third-order valence-electron chi connectivity index (χ3n) is 6.75. The lowest BCUT2D eigenvalue weighted by Crippen LogP contribution is -2.42. The second kappa shape index (κ2) is 13.8. The number of aromatic nitrogens is 1. The molecule has 0 saturated heterocycles. The minimum absolute atomic E-state index is 0.0639. The molecule has 12 heteroatoms. The molecule has 0 unspecified atom stereocenters. The Labute approximate surface area is 247 Å². The maximum absolute atomic E-state index is 13.3. The van der Waals surface area contributed by atoms with Crippen molar-refractivity contribution in [2.75, 3.05) is 13.7 Å². The number of benzene rings is 3. The lowest BCUT2D eigenvalue weighted by Gasteiger charge is -2.17. The van der Waals surface area contributed by atoms with Gasteiger partial charge in [0.2, 0.25) is 5.91 Å². The van der Waals surface area contributed by atoms with Crippen LogP contribution in [0.4, 0.5) is 4.79 Å². The van der Waals surface area contributed by atoms with E-state index < -0.39 is 24.0 Å². The summed E-state index contributed by atoms with van der Waals surface area (Å²) in [6.45, 7) is 0.219. The molecule has 0 fully saturated rings. The van der Waals surface area contributed by atoms with E-state index in [1.165, 1.54) is 7.11 Å². The molecule has 0 aliphatic heterocycles. The van der Waals surface area contributed by atoms with Crippen LogP contribution in [-0.4, -0.2) is 54.3 Å². The molecule has 4 rings (SSSR count). The number of aromatic amines is 1. The first-order chi connectivity index (χ1) is 20.7. The van der Waals surface area contributed by atoms with E-state index in [2.05, 4.69) is 15.6 Å². The highest BCUT2D eigenvalue weighted by atomic mass is 16.6. The van der Waals surface area contributed by atoms with Crippen molar-refractivity contribution in [1.29, 1.82) is 10.8 Å². The number of fused-ring (bicyclic) bond motifs is 1. The normalized spacial score (nSPS) is 11.4. The zero-order valence-corrected chi connectivity index (χ0v) is 23.5. The smallest absolute Gasteiger partial charge is 0.412 e. The molecule has 9 N–H and O–H groups in total. The molecule has 12 nitrogen and oxygen atoms in total. The van der Waals surface area contributed by atoms with Crippen molar-refractivity contribution in [3.8, 4) is 17.0 Å². The van der Waals surface area contributed by atoms with Crippen LogP contribution in [-0.2, 0) is 20.7 Å². The SMILES string of the molecule is COC(=O)[C@@H](CCCNC(=O)Oc1ccccc1)NC(=O)Cc1c(-c2ccc(C(=N)N)cc2)[nH]c2cc(C(=N)N)ccc12. The van der Waals surface area contributed by atoms with Gasteiger partial charge >= 0.3 is 12.1 Å². The summed E-state index contributed by atoms with van der Waals surface area (Å²) < 4.78 is 10.1. The average Bonchev–Trinajstić information content (AvgIpc) is 3.35. The first-order valence-electron chi connectivity index (χ1n) is 13.5. The molecule has 1 atom stereocenters. The van der Waals surface area contributed by atoms with E-state index in [0.717, 1.165) is 10.9 Å². The fourth-order valence-corrected chi connectivity index (χ4v) is 4.60. The molecule has 3 aromatic carbocycles. The summed E-state index contributed by atoms with van der Waals surface area (Å²) in [4.78, 5) is 41.2. The maximum Gasteiger partial charge on any atom is 0.412 e. The van der Waals surface area contributed by atoms with Gasteiger partial charge in [-0.05, 0) is 42.2 Å². The lowest BCUT2D eigenvalue weighted by molar-refractivity contribution is -0.145. The molecular weight excluding hydrogens is 550 g/mol. The number of ether oxygens (including phenoxy) is 2. The number of esters is 1. The number of hydrogen-bond donors (Lipinski definition) is 7. The number of H-pyrrole nitrogens is 1. The molecule has 0 spiro atoms. The lowest BCUT2D eigenvalue weighted by atomic mass is 10.00. The summed E-state index contributed by atoms with van der Waals surface area (Å²) in [6, 6.07) is 19.9. The van der Waals surface area contributed by atoms with E-state index in [1.807, 2.05) is 6.07 Å². The molecule has 1 aromatic heterocycles. The summed E-state index contributed by atoms with van der Waals surface area (Å²) in [5, 5.41) is 21.6. The molecule has 0 aliphatic rings. The molecule has 43 heavy (non-hydrogen) atoms. The van der Waals surface area contributed by atoms with Gasteiger partial charge in [-0.15, -0.1) is 0 Å². The van der Waals surface area contributed by atoms with Crippen LogP contribution >= 0.6 is 0 Å². The summed E-state index contributed by atoms with van der Waals surface area (Å²) >= 11 is 0. The van der Waals surface area contributed by atoms with Crippen molar-refractivity contribution in [3.05, 3.63) is 89.5 Å². The van der Waals surface area contributed by atoms with Crippen molar-refractivity contribution < 1.29 is 23.9 Å². The largest absolute Gasteiger partial charge is 0.467 e. The van der Waals surface area contributed by atoms with E-state index in [1.54, 1.807) is 66.7 Å². The van der Waals surface area contributed by atoms with Gasteiger partial charge in [-0.3, -0.25) is 15.6 Å². The average molecular weight is 584 g/mol. The Bertz CT molecular complexity index is 1650. The highest BCUT2D eigenvalue weighted by molar-refractivity contribution is 6.02. The number of rotatable bonds is 12. The molecule has 222 valence electrons. The van der Waals surface area contributed by atoms with Gasteiger partial charge in [0, 0.05) is 28.6 Å². The van der Waals surface area contributed by atoms with Gasteiger partial charge in [0.05, 0.1) is 19.2 Å². The Hall–Kier alpha value is -5.65. The number of nitrogens with two attached hydrogens (primary N) is 2. The molecule has 0 bridgehead atoms. The van der Waals surface area contributed by atoms with E-state index >= 15 is 0 Å². The van der Waals surface area contributed by atoms with E-state index in [9.17, 15) is 14.4 Å². The second-order valence-corrected chi connectivity index (χ2v) is 9.74. The topological polar surface area (TPSA) is 209 Å². The van der Waals surface area contributed by atoms with Crippen LogP contribution < -0.4 is 26.8 Å². The zero-order chi connectivity index (χ0) is 30.9. The van der Waals surface area contributed by atoms with Crippen LogP contribution in [0.5, 0.6) is 5.75 Å². The highest BCUT2D eigenvalue weighted by Gasteiger charge is 2.24. The fraction of sp³-hybridized carbons (Fsp3) is 0.194. The van der Waals surface area contributed by atoms with Crippen LogP contribution in [0.3, 0.4) is 0 Å². The molecule has 2 amide bonds. The minimum Gasteiger partial charge on any atom is -0.467 e. The van der Waals surface area contributed by atoms with E-state index in [4.69, 9.17) is 31.8 Å². The van der Waals surface area contributed by atoms with Crippen LogP contribution in [0.15, 0.2) is 72.8 Å². The molecular formula is C31H33N7O5. The minimum atomic E-state index is -0.933. The van der Waals surface area contributed by atoms with Gasteiger partial charge < -0.3 is 36.6 Å². The highest BCUT2D eigenvalue weighted by Crippen LogP contribution is 2.32. The van der Waals surface area contributed by atoms with Crippen molar-refractivity contribution >= 4 is 40.5 Å². The Kier molecular flexibility index (Phi) is 9.74. The third-order valence-corrected chi connectivity index (χ3v) is 6.75. The van der Waals surface area contributed by atoms with Crippen LogP contribution in [0.2, 0.25) is 0 Å². The number of nitrogen functional groups attached to an aromatic ring is 2. The molecule has 1 heterocycles. The number of hydrogen-bond acceptors (Lipinski definition) is 7. The quantitative estimate of drug-likeness (QED) is 0.0572. The molecule has 0 saturated carbocycles. The van der Waals surface area contributed by atoms with Gasteiger partial charge in [-0.25, -0.2) is 9.59 Å². The number of amidine groups is 2. The molecule has 4 aromatic rings. The number of carbonyl (C=O) groups excluding carboxylic acids is 3. The monoisotopic (exact) mass is 583 g/mol. The predicted octanol–water partition coefficient (Wildman–Crippen LogP) is 3.17. The number of nitrogens with one attached hydrogen (secondary N) is 5. The van der Waals surface area contributed by atoms with Crippen LogP contribution in [0.25, 0.3) is 22.2 Å². The zero-order valence-electron chi connectivity index (χ0n) is 23.5. The second-order valence-electron chi connectivity index (χ2n) is 9.74. The van der Waals surface area contributed by atoms with Crippen molar-refractivity contribution in [2.45, 2.75) is 25.3 Å². The molecule has 0 aliphatic carbocycles. The third kappa shape index (κ3) is 7.76. The van der Waals surface area contributed by atoms with Gasteiger partial charge in [-0.2, -0.15) is 0 Å². The number of amides is 2. The van der Waals surface area contributed by atoms with Crippen molar-refractivity contribution in [3.63, 3.8) is 0 Å². The van der Waals surface area contributed by atoms with Gasteiger partial charge in [0.15, 0.2) is 0 Å². The molecule has 0 radical (unpaired) electrons. The predicted molar refractivity (Wildman–Crippen MR) is 163 cm³/mol. The summed E-state index contributed by atoms with van der Waals surface area (Å²) in [7, 11) is 1.24. The van der Waals surface area contributed by atoms with Crippen molar-refractivity contribution in [1.82, 2.24) is 15.6 Å². The van der Waals surface area contributed by atoms with Gasteiger partial charge in [-0.1, -0.05) is 54.6 Å². The standard InChI is InChI=1S/C31H33N7O5/c1-42-30(40)24(8-5-15-36-31(41)43-21-6-3-2-4-7-21)37-26(39)17-23-22-14-13-20(29(34)35)16-25(22)38-27(23)18-9-11-19(12-10-18)28(32)33/h2-4,6-7,9-14,16,24,38H,5,8,15,17H2,1H3,(H3,32,33)(H3,34,35)(H,36,41)(H,37,39)/t24-/m1/s1. The Morgan fingerprint density at radius 3 is 2.26 bits per heavy atom. The Morgan fingerprint density at radius 2 is 1.60 bits per heavy atom. The Morgan fingerprint density at radius 1 is 0.930 bits per heavy atom. The van der Waals surface area contributed by atoms with Crippen molar-refractivity contribution in [2.24, 2.45) is 11.5 Å². The fourth-order valence-electron chi connectivity index (χ4n) is 4.60.